The molecule has 2 nitrogen and oxygen atoms in total. The lowest BCUT2D eigenvalue weighted by Gasteiger charge is -2.27. The van der Waals surface area contributed by atoms with Crippen LogP contribution in [-0.4, -0.2) is 31.2 Å². The fourth-order valence-corrected chi connectivity index (χ4v) is 1.78. The van der Waals surface area contributed by atoms with Gasteiger partial charge >= 0.3 is 0 Å². The van der Waals surface area contributed by atoms with Crippen LogP contribution < -0.4 is 0 Å². The highest BCUT2D eigenvalue weighted by molar-refractivity contribution is 5.27. The van der Waals surface area contributed by atoms with Gasteiger partial charge < -0.3 is 4.74 Å². The first-order valence-electron chi connectivity index (χ1n) is 8.13. The molecule has 0 N–H and O–H groups in total. The maximum absolute atomic E-state index is 8.22. The number of rotatable bonds is 2. The van der Waals surface area contributed by atoms with Gasteiger partial charge in [0.2, 0.25) is 0 Å². The summed E-state index contributed by atoms with van der Waals surface area (Å²) in [5.41, 5.74) is 0.570. The summed E-state index contributed by atoms with van der Waals surface area (Å²) >= 11 is 0. The highest BCUT2D eigenvalue weighted by Crippen LogP contribution is 2.22. The molecule has 2 heteroatoms. The number of hydrogen-bond acceptors (Lipinski definition) is 2. The Morgan fingerprint density at radius 2 is 1.76 bits per heavy atom. The van der Waals surface area contributed by atoms with E-state index < -0.39 is 5.41 Å². The molecule has 1 heterocycles. The van der Waals surface area contributed by atoms with Crippen molar-refractivity contribution in [3.05, 3.63) is 35.3 Å². The van der Waals surface area contributed by atoms with Gasteiger partial charge in [-0.15, -0.1) is 0 Å². The smallest absolute Gasteiger partial charge is 0.0626 e. The van der Waals surface area contributed by atoms with Crippen molar-refractivity contribution in [1.29, 1.82) is 0 Å². The summed E-state index contributed by atoms with van der Waals surface area (Å²) in [5.74, 6) is 0. The van der Waals surface area contributed by atoms with Crippen LogP contribution in [0, 0.1) is 0 Å². The maximum Gasteiger partial charge on any atom is 0.0626 e. The third kappa shape index (κ3) is 3.55. The van der Waals surface area contributed by atoms with E-state index in [0.717, 1.165) is 13.1 Å². The minimum absolute atomic E-state index is 0.0896. The van der Waals surface area contributed by atoms with E-state index in [1.807, 2.05) is 20.8 Å². The van der Waals surface area contributed by atoms with Crippen LogP contribution >= 0.6 is 0 Å². The zero-order valence-electron chi connectivity index (χ0n) is 14.9. The molecule has 0 atom stereocenters. The van der Waals surface area contributed by atoms with Crippen molar-refractivity contribution < 1.29 is 10.2 Å². The summed E-state index contributed by atoms with van der Waals surface area (Å²) in [5, 5.41) is 0. The average Bonchev–Trinajstić information content (AvgIpc) is 2.41. The number of ether oxygens (including phenoxy) is 1. The molecule has 0 unspecified atom stereocenters. The van der Waals surface area contributed by atoms with Crippen LogP contribution in [0.4, 0.5) is 0 Å². The SMILES string of the molecule is [2H]c1c([2H])c(C(C)(C)C)c([2H])c([2H])c1CN1CCOCC1. The van der Waals surface area contributed by atoms with Gasteiger partial charge in [-0.1, -0.05) is 44.9 Å². The van der Waals surface area contributed by atoms with E-state index in [1.54, 1.807) is 0 Å². The van der Waals surface area contributed by atoms with Crippen LogP contribution in [0.1, 0.15) is 37.4 Å². The first-order chi connectivity index (χ1) is 9.73. The lowest BCUT2D eigenvalue weighted by molar-refractivity contribution is 0.0342. The Kier molecular flexibility index (Phi) is 2.53. The van der Waals surface area contributed by atoms with E-state index in [4.69, 9.17) is 10.2 Å². The van der Waals surface area contributed by atoms with Gasteiger partial charge in [-0.2, -0.15) is 0 Å². The van der Waals surface area contributed by atoms with Crippen LogP contribution in [0.2, 0.25) is 0 Å². The molecule has 0 spiro atoms. The standard InChI is InChI=1S/C15H23NO/c1-15(2,3)14-6-4-13(5-7-14)12-16-8-10-17-11-9-16/h4-7H,8-12H2,1-3H3/i4D,5D,6D,7D. The molecule has 1 aromatic rings. The molecule has 1 fully saturated rings. The van der Waals surface area contributed by atoms with Gasteiger partial charge in [-0.3, -0.25) is 4.90 Å². The maximum atomic E-state index is 8.22. The Hall–Kier alpha value is -0.860. The van der Waals surface area contributed by atoms with E-state index in [9.17, 15) is 0 Å². The number of benzene rings is 1. The van der Waals surface area contributed by atoms with E-state index in [2.05, 4.69) is 4.90 Å². The molecule has 0 aromatic heterocycles. The summed E-state index contributed by atoms with van der Waals surface area (Å²) in [7, 11) is 0. The number of morpholine rings is 1. The third-order valence-corrected chi connectivity index (χ3v) is 2.91. The average molecular weight is 237 g/mol. The molecule has 17 heavy (non-hydrogen) atoms. The van der Waals surface area contributed by atoms with Gasteiger partial charge in [-0.05, 0) is 16.5 Å². The third-order valence-electron chi connectivity index (χ3n) is 2.91. The zero-order valence-corrected chi connectivity index (χ0v) is 10.9. The summed E-state index contributed by atoms with van der Waals surface area (Å²) in [4.78, 5) is 2.12. The lowest BCUT2D eigenvalue weighted by Crippen LogP contribution is -2.35. The van der Waals surface area contributed by atoms with Crippen molar-refractivity contribution >= 4 is 0 Å². The fraction of sp³-hybridized carbons (Fsp3) is 0.600. The van der Waals surface area contributed by atoms with E-state index >= 15 is 0 Å². The van der Waals surface area contributed by atoms with Crippen LogP contribution in [0.15, 0.2) is 24.2 Å². The highest BCUT2D eigenvalue weighted by Gasteiger charge is 2.14. The molecule has 0 aliphatic carbocycles. The van der Waals surface area contributed by atoms with Crippen LogP contribution in [0.25, 0.3) is 0 Å². The summed E-state index contributed by atoms with van der Waals surface area (Å²) in [6.07, 6.45) is 0. The van der Waals surface area contributed by atoms with Crippen LogP contribution in [0.3, 0.4) is 0 Å². The topological polar surface area (TPSA) is 12.5 Å². The molecule has 0 saturated carbocycles. The van der Waals surface area contributed by atoms with E-state index in [0.29, 0.717) is 30.9 Å². The van der Waals surface area contributed by atoms with Crippen molar-refractivity contribution in [2.45, 2.75) is 32.7 Å². The summed E-state index contributed by atoms with van der Waals surface area (Å²) < 4.78 is 38.2. The molecule has 1 saturated heterocycles. The second kappa shape index (κ2) is 5.19. The molecule has 1 aromatic carbocycles. The molecule has 0 bridgehead atoms. The van der Waals surface area contributed by atoms with Gasteiger partial charge in [0, 0.05) is 19.6 Å². The molecule has 2 rings (SSSR count). The first-order valence-corrected chi connectivity index (χ1v) is 6.13. The van der Waals surface area contributed by atoms with Gasteiger partial charge in [0.25, 0.3) is 0 Å². The largest absolute Gasteiger partial charge is 0.379 e. The minimum Gasteiger partial charge on any atom is -0.379 e. The minimum atomic E-state index is -0.405. The van der Waals surface area contributed by atoms with Gasteiger partial charge in [-0.25, -0.2) is 0 Å². The van der Waals surface area contributed by atoms with Crippen molar-refractivity contribution in [3.8, 4) is 0 Å². The normalized spacial score (nSPS) is 21.6. The van der Waals surface area contributed by atoms with Gasteiger partial charge in [0.1, 0.15) is 0 Å². The Balaban J connectivity index is 2.43. The van der Waals surface area contributed by atoms with E-state index in [-0.39, 0.29) is 24.2 Å². The molecular weight excluding hydrogens is 210 g/mol. The Bertz CT molecular complexity index is 504. The van der Waals surface area contributed by atoms with E-state index in [1.165, 1.54) is 0 Å². The second-order valence-corrected chi connectivity index (χ2v) is 5.49. The predicted molar refractivity (Wildman–Crippen MR) is 71.2 cm³/mol. The molecule has 1 aliphatic heterocycles. The fourth-order valence-electron chi connectivity index (χ4n) is 1.78. The van der Waals surface area contributed by atoms with Crippen molar-refractivity contribution in [1.82, 2.24) is 4.90 Å². The first kappa shape index (κ1) is 8.28. The molecule has 1 aliphatic rings. The van der Waals surface area contributed by atoms with Crippen molar-refractivity contribution in [3.63, 3.8) is 0 Å². The molecular formula is C15H23NO. The van der Waals surface area contributed by atoms with Gasteiger partial charge in [0.05, 0.1) is 18.7 Å². The number of nitrogens with zero attached hydrogens (tertiary/aromatic N) is 1. The molecule has 0 amide bonds. The Labute approximate surface area is 110 Å². The second-order valence-electron chi connectivity index (χ2n) is 5.49. The monoisotopic (exact) mass is 237 g/mol. The Morgan fingerprint density at radius 1 is 1.18 bits per heavy atom. The molecule has 94 valence electrons. The van der Waals surface area contributed by atoms with Crippen LogP contribution in [-0.2, 0) is 16.7 Å². The summed E-state index contributed by atoms with van der Waals surface area (Å²) in [6, 6.07) is 0.360. The zero-order chi connectivity index (χ0) is 15.8. The highest BCUT2D eigenvalue weighted by atomic mass is 16.5. The lowest BCUT2D eigenvalue weighted by atomic mass is 9.87. The van der Waals surface area contributed by atoms with Gasteiger partial charge in [0.15, 0.2) is 0 Å². The molecule has 0 radical (unpaired) electrons. The predicted octanol–water partition coefficient (Wildman–Crippen LogP) is 2.82. The van der Waals surface area contributed by atoms with Crippen LogP contribution in [0.5, 0.6) is 0 Å². The quantitative estimate of drug-likeness (QED) is 0.784. The van der Waals surface area contributed by atoms with Crippen molar-refractivity contribution in [2.75, 3.05) is 26.3 Å². The van der Waals surface area contributed by atoms with Crippen molar-refractivity contribution in [2.24, 2.45) is 0 Å². The summed E-state index contributed by atoms with van der Waals surface area (Å²) in [6.45, 7) is 9.03. The number of hydrogen-bond donors (Lipinski definition) is 0. The Morgan fingerprint density at radius 3 is 2.29 bits per heavy atom.